The highest BCUT2D eigenvalue weighted by atomic mass is 16.2. The molecule has 1 aromatic carbocycles. The Balaban J connectivity index is 2.35. The van der Waals surface area contributed by atoms with Gasteiger partial charge in [-0.05, 0) is 24.3 Å². The largest absolute Gasteiger partial charge is 0.397 e. The average molecular weight is 266 g/mol. The van der Waals surface area contributed by atoms with Gasteiger partial charge in [0.25, 0.3) is 5.91 Å². The first kappa shape index (κ1) is 13.6. The lowest BCUT2D eigenvalue weighted by molar-refractivity contribution is 0.0983. The molecule has 0 saturated heterocycles. The number of anilines is 2. The van der Waals surface area contributed by atoms with Crippen LogP contribution in [0.4, 0.5) is 11.4 Å². The van der Waals surface area contributed by atoms with Gasteiger partial charge in [-0.3, -0.25) is 4.79 Å². The van der Waals surface area contributed by atoms with Gasteiger partial charge in [-0.15, -0.1) is 0 Å². The molecule has 1 heterocycles. The van der Waals surface area contributed by atoms with E-state index in [-0.39, 0.29) is 18.0 Å². The number of nitrogens with two attached hydrogens (primary N) is 1. The van der Waals surface area contributed by atoms with E-state index in [1.54, 1.807) is 12.1 Å². The van der Waals surface area contributed by atoms with Crippen molar-refractivity contribution in [3.8, 4) is 6.07 Å². The Kier molecular flexibility index (Phi) is 4.30. The highest BCUT2D eigenvalue weighted by Gasteiger charge is 2.20. The smallest absolute Gasteiger partial charge is 0.279 e. The standard InChI is InChI=1S/C15H14N4O/c16-9-5-11-19(12-6-2-1-3-7-12)15(20)14-13(17)8-4-10-18-14/h1-4,6-8,10H,5,11,17H2. The molecule has 1 aromatic heterocycles. The third-order valence-electron chi connectivity index (χ3n) is 2.80. The molecule has 0 aliphatic heterocycles. The Morgan fingerprint density at radius 1 is 1.25 bits per heavy atom. The topological polar surface area (TPSA) is 83.0 Å². The minimum Gasteiger partial charge on any atom is -0.397 e. The first-order valence-corrected chi connectivity index (χ1v) is 6.18. The number of carbonyl (C=O) groups is 1. The fraction of sp³-hybridized carbons (Fsp3) is 0.133. The van der Waals surface area contributed by atoms with Gasteiger partial charge in [0.1, 0.15) is 0 Å². The molecule has 2 N–H and O–H groups in total. The normalized spacial score (nSPS) is 9.75. The predicted molar refractivity (Wildman–Crippen MR) is 77.0 cm³/mol. The lowest BCUT2D eigenvalue weighted by Gasteiger charge is -2.21. The Morgan fingerprint density at radius 3 is 2.65 bits per heavy atom. The van der Waals surface area contributed by atoms with Crippen LogP contribution in [0, 0.1) is 11.3 Å². The summed E-state index contributed by atoms with van der Waals surface area (Å²) in [6.45, 7) is 0.301. The van der Waals surface area contributed by atoms with E-state index in [2.05, 4.69) is 4.98 Å². The number of nitrogen functional groups attached to an aromatic ring is 1. The van der Waals surface area contributed by atoms with Gasteiger partial charge in [-0.25, -0.2) is 4.98 Å². The monoisotopic (exact) mass is 266 g/mol. The van der Waals surface area contributed by atoms with Crippen LogP contribution in [0.2, 0.25) is 0 Å². The first-order chi connectivity index (χ1) is 9.74. The van der Waals surface area contributed by atoms with Gasteiger partial charge in [-0.1, -0.05) is 18.2 Å². The van der Waals surface area contributed by atoms with Crippen molar-refractivity contribution < 1.29 is 4.79 Å². The SMILES string of the molecule is N#CCCN(C(=O)c1ncccc1N)c1ccccc1. The number of rotatable bonds is 4. The second kappa shape index (κ2) is 6.34. The maximum atomic E-state index is 12.5. The molecule has 0 aliphatic rings. The second-order valence-electron chi connectivity index (χ2n) is 4.14. The molecule has 0 aliphatic carbocycles. The quantitative estimate of drug-likeness (QED) is 0.919. The van der Waals surface area contributed by atoms with E-state index >= 15 is 0 Å². The van der Waals surface area contributed by atoms with Gasteiger partial charge in [-0.2, -0.15) is 5.26 Å². The third kappa shape index (κ3) is 2.93. The maximum absolute atomic E-state index is 12.5. The van der Waals surface area contributed by atoms with Crippen LogP contribution >= 0.6 is 0 Å². The highest BCUT2D eigenvalue weighted by Crippen LogP contribution is 2.18. The van der Waals surface area contributed by atoms with Gasteiger partial charge in [0.2, 0.25) is 0 Å². The number of aromatic nitrogens is 1. The first-order valence-electron chi connectivity index (χ1n) is 6.18. The molecule has 0 spiro atoms. The van der Waals surface area contributed by atoms with Crippen molar-refractivity contribution in [3.63, 3.8) is 0 Å². The molecule has 100 valence electrons. The van der Waals surface area contributed by atoms with Crippen molar-refractivity contribution in [2.45, 2.75) is 6.42 Å². The number of carbonyl (C=O) groups excluding carboxylic acids is 1. The van der Waals surface area contributed by atoms with Crippen LogP contribution in [0.5, 0.6) is 0 Å². The lowest BCUT2D eigenvalue weighted by Crippen LogP contribution is -2.33. The number of hydrogen-bond acceptors (Lipinski definition) is 4. The van der Waals surface area contributed by atoms with Crippen molar-refractivity contribution in [3.05, 3.63) is 54.4 Å². The number of hydrogen-bond donors (Lipinski definition) is 1. The summed E-state index contributed by atoms with van der Waals surface area (Å²) < 4.78 is 0. The molecule has 2 aromatic rings. The van der Waals surface area contributed by atoms with Crippen LogP contribution in [0.1, 0.15) is 16.9 Å². The van der Waals surface area contributed by atoms with Crippen molar-refractivity contribution in [1.29, 1.82) is 5.26 Å². The molecule has 0 fully saturated rings. The minimum absolute atomic E-state index is 0.203. The van der Waals surface area contributed by atoms with Crippen LogP contribution < -0.4 is 10.6 Å². The van der Waals surface area contributed by atoms with Crippen molar-refractivity contribution in [1.82, 2.24) is 4.98 Å². The van der Waals surface area contributed by atoms with Crippen LogP contribution in [-0.2, 0) is 0 Å². The molecular weight excluding hydrogens is 252 g/mol. The number of nitriles is 1. The molecule has 5 heteroatoms. The molecular formula is C15H14N4O. The van der Waals surface area contributed by atoms with Crippen LogP contribution in [-0.4, -0.2) is 17.4 Å². The van der Waals surface area contributed by atoms with Crippen molar-refractivity contribution in [2.24, 2.45) is 0 Å². The lowest BCUT2D eigenvalue weighted by atomic mass is 10.2. The van der Waals surface area contributed by atoms with E-state index in [1.807, 2.05) is 36.4 Å². The summed E-state index contributed by atoms with van der Waals surface area (Å²) in [6.07, 6.45) is 1.77. The van der Waals surface area contributed by atoms with E-state index in [1.165, 1.54) is 11.1 Å². The Hall–Kier alpha value is -2.87. The fourth-order valence-electron chi connectivity index (χ4n) is 1.84. The van der Waals surface area contributed by atoms with Crippen molar-refractivity contribution in [2.75, 3.05) is 17.2 Å². The predicted octanol–water partition coefficient (Wildman–Crippen LogP) is 2.22. The van der Waals surface area contributed by atoms with Crippen LogP contribution in [0.3, 0.4) is 0 Å². The summed E-state index contributed by atoms with van der Waals surface area (Å²) in [7, 11) is 0. The van der Waals surface area contributed by atoms with E-state index in [9.17, 15) is 4.79 Å². The molecule has 0 unspecified atom stereocenters. The zero-order valence-corrected chi connectivity index (χ0v) is 10.9. The number of nitrogens with zero attached hydrogens (tertiary/aromatic N) is 3. The molecule has 0 atom stereocenters. The summed E-state index contributed by atoms with van der Waals surface area (Å²) in [5.41, 5.74) is 7.04. The maximum Gasteiger partial charge on any atom is 0.279 e. The third-order valence-corrected chi connectivity index (χ3v) is 2.80. The summed E-state index contributed by atoms with van der Waals surface area (Å²) in [5, 5.41) is 8.74. The summed E-state index contributed by atoms with van der Waals surface area (Å²) in [4.78, 5) is 18.1. The van der Waals surface area contributed by atoms with E-state index in [0.29, 0.717) is 12.2 Å². The molecule has 0 saturated carbocycles. The Bertz CT molecular complexity index is 634. The van der Waals surface area contributed by atoms with Crippen LogP contribution in [0.15, 0.2) is 48.7 Å². The zero-order chi connectivity index (χ0) is 14.4. The fourth-order valence-corrected chi connectivity index (χ4v) is 1.84. The zero-order valence-electron chi connectivity index (χ0n) is 10.9. The highest BCUT2D eigenvalue weighted by molar-refractivity contribution is 6.07. The van der Waals surface area contributed by atoms with Crippen LogP contribution in [0.25, 0.3) is 0 Å². The van der Waals surface area contributed by atoms with Gasteiger partial charge >= 0.3 is 0 Å². The van der Waals surface area contributed by atoms with E-state index in [0.717, 1.165) is 5.69 Å². The summed E-state index contributed by atoms with van der Waals surface area (Å²) >= 11 is 0. The molecule has 0 radical (unpaired) electrons. The molecule has 0 bridgehead atoms. The summed E-state index contributed by atoms with van der Waals surface area (Å²) in [6, 6.07) is 14.5. The van der Waals surface area contributed by atoms with Crippen molar-refractivity contribution >= 4 is 17.3 Å². The van der Waals surface area contributed by atoms with Gasteiger partial charge in [0, 0.05) is 18.4 Å². The number of para-hydroxylation sites is 1. The summed E-state index contributed by atoms with van der Waals surface area (Å²) in [5.74, 6) is -0.301. The number of benzene rings is 1. The van der Waals surface area contributed by atoms with Gasteiger partial charge in [0.15, 0.2) is 5.69 Å². The Labute approximate surface area is 117 Å². The van der Waals surface area contributed by atoms with E-state index < -0.39 is 0 Å². The van der Waals surface area contributed by atoms with E-state index in [4.69, 9.17) is 11.0 Å². The second-order valence-corrected chi connectivity index (χ2v) is 4.14. The molecule has 1 amide bonds. The minimum atomic E-state index is -0.301. The average Bonchev–Trinajstić information content (AvgIpc) is 2.49. The molecule has 5 nitrogen and oxygen atoms in total. The van der Waals surface area contributed by atoms with Gasteiger partial charge < -0.3 is 10.6 Å². The number of amides is 1. The van der Waals surface area contributed by atoms with Gasteiger partial charge in [0.05, 0.1) is 18.2 Å². The molecule has 20 heavy (non-hydrogen) atoms. The number of pyridine rings is 1. The Morgan fingerprint density at radius 2 is 2.00 bits per heavy atom. The molecule has 2 rings (SSSR count).